The summed E-state index contributed by atoms with van der Waals surface area (Å²) < 4.78 is 6.61. The van der Waals surface area contributed by atoms with Crippen LogP contribution >= 0.6 is 15.9 Å². The second-order valence-corrected chi connectivity index (χ2v) is 5.42. The molecule has 0 bridgehead atoms. The molecule has 0 aliphatic heterocycles. The number of halogens is 1. The van der Waals surface area contributed by atoms with Crippen LogP contribution in [-0.2, 0) is 0 Å². The van der Waals surface area contributed by atoms with Gasteiger partial charge in [0.15, 0.2) is 0 Å². The first kappa shape index (κ1) is 13.5. The summed E-state index contributed by atoms with van der Waals surface area (Å²) in [4.78, 5) is 4.42. The molecule has 1 heterocycles. The molecule has 0 amide bonds. The number of rotatable bonds is 5. The minimum absolute atomic E-state index is 0.715. The summed E-state index contributed by atoms with van der Waals surface area (Å²) in [5, 5.41) is 0. The van der Waals surface area contributed by atoms with Gasteiger partial charge in [0.25, 0.3) is 0 Å². The van der Waals surface area contributed by atoms with Crippen LogP contribution in [0.2, 0.25) is 0 Å². The Morgan fingerprint density at radius 3 is 2.69 bits per heavy atom. The zero-order valence-corrected chi connectivity index (χ0v) is 12.1. The van der Waals surface area contributed by atoms with Crippen LogP contribution in [0.3, 0.4) is 0 Å². The summed E-state index contributed by atoms with van der Waals surface area (Å²) in [5.74, 6) is 1.45. The first-order chi connectivity index (χ1) is 7.50. The molecule has 2 nitrogen and oxygen atoms in total. The maximum absolute atomic E-state index is 5.67. The Morgan fingerprint density at radius 2 is 2.06 bits per heavy atom. The van der Waals surface area contributed by atoms with Gasteiger partial charge in [0.1, 0.15) is 0 Å². The number of aryl methyl sites for hydroxylation is 2. The van der Waals surface area contributed by atoms with E-state index in [4.69, 9.17) is 4.74 Å². The second-order valence-electron chi connectivity index (χ2n) is 4.56. The maximum Gasteiger partial charge on any atom is 0.228 e. The molecular weight excluding hydrogens is 266 g/mol. The Kier molecular flexibility index (Phi) is 5.26. The van der Waals surface area contributed by atoms with Gasteiger partial charge in [-0.3, -0.25) is 0 Å². The van der Waals surface area contributed by atoms with Crippen LogP contribution < -0.4 is 4.74 Å². The van der Waals surface area contributed by atoms with Crippen molar-refractivity contribution in [3.05, 3.63) is 21.8 Å². The molecule has 0 saturated carbocycles. The lowest BCUT2D eigenvalue weighted by Gasteiger charge is -2.10. The van der Waals surface area contributed by atoms with Crippen LogP contribution in [0.15, 0.2) is 10.5 Å². The molecule has 0 aliphatic carbocycles. The lowest BCUT2D eigenvalue weighted by molar-refractivity contribution is 0.285. The summed E-state index contributed by atoms with van der Waals surface area (Å²) >= 11 is 3.47. The number of hydrogen-bond donors (Lipinski definition) is 0. The van der Waals surface area contributed by atoms with Crippen LogP contribution in [0.4, 0.5) is 0 Å². The van der Waals surface area contributed by atoms with Gasteiger partial charge in [-0.15, -0.1) is 0 Å². The summed E-state index contributed by atoms with van der Waals surface area (Å²) in [6, 6.07) is 2.06. The highest BCUT2D eigenvalue weighted by Gasteiger charge is 2.06. The normalized spacial score (nSPS) is 10.9. The van der Waals surface area contributed by atoms with Crippen LogP contribution in [0.5, 0.6) is 5.88 Å². The van der Waals surface area contributed by atoms with E-state index in [1.54, 1.807) is 0 Å². The van der Waals surface area contributed by atoms with Crippen molar-refractivity contribution in [1.29, 1.82) is 0 Å². The fraction of sp³-hybridized carbons (Fsp3) is 0.615. The van der Waals surface area contributed by atoms with Crippen LogP contribution in [0.25, 0.3) is 0 Å². The minimum Gasteiger partial charge on any atom is -0.477 e. The highest BCUT2D eigenvalue weighted by atomic mass is 79.9. The van der Waals surface area contributed by atoms with E-state index in [-0.39, 0.29) is 0 Å². The Bertz CT molecular complexity index is 350. The number of aromatic nitrogens is 1. The standard InChI is InChI=1S/C13H20BrNO/c1-9(2)6-5-7-16-13-12(14)8-10(3)11(4)15-13/h8-9H,5-7H2,1-4H3. The molecule has 16 heavy (non-hydrogen) atoms. The largest absolute Gasteiger partial charge is 0.477 e. The quantitative estimate of drug-likeness (QED) is 0.754. The zero-order valence-electron chi connectivity index (χ0n) is 10.5. The first-order valence-electron chi connectivity index (χ1n) is 5.77. The van der Waals surface area contributed by atoms with Crippen molar-refractivity contribution in [3.8, 4) is 5.88 Å². The number of pyridine rings is 1. The zero-order chi connectivity index (χ0) is 12.1. The van der Waals surface area contributed by atoms with Gasteiger partial charge in [0, 0.05) is 5.69 Å². The molecule has 0 radical (unpaired) electrons. The van der Waals surface area contributed by atoms with Crippen molar-refractivity contribution in [1.82, 2.24) is 4.98 Å². The van der Waals surface area contributed by atoms with Gasteiger partial charge < -0.3 is 4.74 Å². The number of ether oxygens (including phenoxy) is 1. The fourth-order valence-electron chi connectivity index (χ4n) is 1.41. The molecule has 0 aliphatic rings. The molecular formula is C13H20BrNO. The molecule has 0 atom stereocenters. The number of nitrogens with zero attached hydrogens (tertiary/aromatic N) is 1. The molecule has 0 fully saturated rings. The van der Waals surface area contributed by atoms with E-state index in [0.29, 0.717) is 5.88 Å². The summed E-state index contributed by atoms with van der Waals surface area (Å²) in [7, 11) is 0. The van der Waals surface area contributed by atoms with Gasteiger partial charge >= 0.3 is 0 Å². The van der Waals surface area contributed by atoms with Gasteiger partial charge in [-0.25, -0.2) is 4.98 Å². The first-order valence-corrected chi connectivity index (χ1v) is 6.56. The van der Waals surface area contributed by atoms with Gasteiger partial charge in [0.05, 0.1) is 11.1 Å². The lowest BCUT2D eigenvalue weighted by atomic mass is 10.1. The van der Waals surface area contributed by atoms with Crippen LogP contribution in [0.1, 0.15) is 37.9 Å². The maximum atomic E-state index is 5.67. The van der Waals surface area contributed by atoms with Crippen molar-refractivity contribution in [2.24, 2.45) is 5.92 Å². The Hall–Kier alpha value is -0.570. The Labute approximate surface area is 107 Å². The Morgan fingerprint density at radius 1 is 1.38 bits per heavy atom. The van der Waals surface area contributed by atoms with Crippen molar-refractivity contribution in [2.45, 2.75) is 40.5 Å². The number of hydrogen-bond acceptors (Lipinski definition) is 2. The minimum atomic E-state index is 0.715. The molecule has 0 unspecified atom stereocenters. The molecule has 0 saturated heterocycles. The van der Waals surface area contributed by atoms with E-state index in [2.05, 4.69) is 47.8 Å². The third-order valence-corrected chi connectivity index (χ3v) is 3.12. The van der Waals surface area contributed by atoms with E-state index in [9.17, 15) is 0 Å². The SMILES string of the molecule is Cc1cc(Br)c(OCCCC(C)C)nc1C. The van der Waals surface area contributed by atoms with E-state index >= 15 is 0 Å². The second kappa shape index (κ2) is 6.24. The molecule has 0 aromatic carbocycles. The van der Waals surface area contributed by atoms with E-state index in [1.807, 2.05) is 6.92 Å². The highest BCUT2D eigenvalue weighted by molar-refractivity contribution is 9.10. The molecule has 0 spiro atoms. The summed E-state index contributed by atoms with van der Waals surface area (Å²) in [6.45, 7) is 9.25. The third-order valence-electron chi connectivity index (χ3n) is 2.55. The van der Waals surface area contributed by atoms with Crippen molar-refractivity contribution in [2.75, 3.05) is 6.61 Å². The fourth-order valence-corrected chi connectivity index (χ4v) is 1.96. The smallest absolute Gasteiger partial charge is 0.228 e. The molecule has 1 rings (SSSR count). The van der Waals surface area contributed by atoms with Crippen molar-refractivity contribution >= 4 is 15.9 Å². The van der Waals surface area contributed by atoms with E-state index in [1.165, 1.54) is 12.0 Å². The van der Waals surface area contributed by atoms with Gasteiger partial charge in [-0.1, -0.05) is 13.8 Å². The monoisotopic (exact) mass is 285 g/mol. The van der Waals surface area contributed by atoms with Crippen LogP contribution in [0, 0.1) is 19.8 Å². The van der Waals surface area contributed by atoms with Gasteiger partial charge in [0.2, 0.25) is 5.88 Å². The van der Waals surface area contributed by atoms with E-state index in [0.717, 1.165) is 29.1 Å². The average Bonchev–Trinajstić information content (AvgIpc) is 2.19. The summed E-state index contributed by atoms with van der Waals surface area (Å²) in [5.41, 5.74) is 2.21. The van der Waals surface area contributed by atoms with Crippen molar-refractivity contribution < 1.29 is 4.74 Å². The molecule has 1 aromatic heterocycles. The highest BCUT2D eigenvalue weighted by Crippen LogP contribution is 2.25. The topological polar surface area (TPSA) is 22.1 Å². The van der Waals surface area contributed by atoms with Crippen molar-refractivity contribution in [3.63, 3.8) is 0 Å². The molecule has 3 heteroatoms. The molecule has 0 N–H and O–H groups in total. The molecule has 90 valence electrons. The lowest BCUT2D eigenvalue weighted by Crippen LogP contribution is -2.03. The predicted octanol–water partition coefficient (Wildman–Crippen LogP) is 4.28. The van der Waals surface area contributed by atoms with Crippen LogP contribution in [-0.4, -0.2) is 11.6 Å². The van der Waals surface area contributed by atoms with Gasteiger partial charge in [-0.2, -0.15) is 0 Å². The van der Waals surface area contributed by atoms with E-state index < -0.39 is 0 Å². The predicted molar refractivity (Wildman–Crippen MR) is 71.0 cm³/mol. The third kappa shape index (κ3) is 4.12. The summed E-state index contributed by atoms with van der Waals surface area (Å²) in [6.07, 6.45) is 2.28. The molecule has 1 aromatic rings. The average molecular weight is 286 g/mol. The van der Waals surface area contributed by atoms with Gasteiger partial charge in [-0.05, 0) is 60.2 Å². The Balaban J connectivity index is 2.51.